The van der Waals surface area contributed by atoms with Crippen molar-refractivity contribution < 1.29 is 12.8 Å². The van der Waals surface area contributed by atoms with Gasteiger partial charge in [-0.15, -0.1) is 0 Å². The van der Waals surface area contributed by atoms with Crippen molar-refractivity contribution in [3.05, 3.63) is 28.5 Å². The molecule has 0 radical (unpaired) electrons. The number of hydrogen-bond donors (Lipinski definition) is 0. The summed E-state index contributed by atoms with van der Waals surface area (Å²) in [5.41, 5.74) is 0. The average Bonchev–Trinajstić information content (AvgIpc) is 2.41. The predicted molar refractivity (Wildman–Crippen MR) is 79.6 cm³/mol. The van der Waals surface area contributed by atoms with Gasteiger partial charge in [0.15, 0.2) is 0 Å². The molecule has 0 saturated carbocycles. The SMILES string of the molecule is CN1CCC(N(C)S(=O)(=O)c2ccc(Br)c(F)c2)CC1. The fraction of sp³-hybridized carbons (Fsp3) is 0.538. The molecule has 0 amide bonds. The molecule has 7 heteroatoms. The average molecular weight is 365 g/mol. The Labute approximate surface area is 127 Å². The number of piperidine rings is 1. The third-order valence-corrected chi connectivity index (χ3v) is 6.32. The number of benzene rings is 1. The van der Waals surface area contributed by atoms with Gasteiger partial charge in [-0.05, 0) is 67.1 Å². The van der Waals surface area contributed by atoms with Gasteiger partial charge in [0.2, 0.25) is 10.0 Å². The molecule has 0 atom stereocenters. The van der Waals surface area contributed by atoms with E-state index in [-0.39, 0.29) is 15.4 Å². The molecular weight excluding hydrogens is 347 g/mol. The molecule has 1 aromatic rings. The fourth-order valence-corrected chi connectivity index (χ4v) is 4.03. The normalized spacial score (nSPS) is 18.6. The smallest absolute Gasteiger partial charge is 0.243 e. The molecule has 112 valence electrons. The number of sulfonamides is 1. The third-order valence-electron chi connectivity index (χ3n) is 3.77. The van der Waals surface area contributed by atoms with Gasteiger partial charge < -0.3 is 4.90 Å². The van der Waals surface area contributed by atoms with Crippen LogP contribution in [0.2, 0.25) is 0 Å². The third kappa shape index (κ3) is 3.21. The van der Waals surface area contributed by atoms with Crippen LogP contribution in [-0.2, 0) is 10.0 Å². The first-order chi connectivity index (χ1) is 9.32. The first-order valence-electron chi connectivity index (χ1n) is 6.44. The largest absolute Gasteiger partial charge is 0.306 e. The maximum absolute atomic E-state index is 13.5. The highest BCUT2D eigenvalue weighted by Crippen LogP contribution is 2.25. The maximum atomic E-state index is 13.5. The van der Waals surface area contributed by atoms with Gasteiger partial charge in [0.05, 0.1) is 9.37 Å². The van der Waals surface area contributed by atoms with E-state index in [1.54, 1.807) is 7.05 Å². The van der Waals surface area contributed by atoms with E-state index in [1.807, 2.05) is 7.05 Å². The minimum atomic E-state index is -3.64. The Hall–Kier alpha value is -0.500. The van der Waals surface area contributed by atoms with Crippen molar-refractivity contribution >= 4 is 26.0 Å². The van der Waals surface area contributed by atoms with Crippen molar-refractivity contribution in [1.29, 1.82) is 0 Å². The van der Waals surface area contributed by atoms with Crippen molar-refractivity contribution in [3.8, 4) is 0 Å². The van der Waals surface area contributed by atoms with E-state index in [4.69, 9.17) is 0 Å². The highest BCUT2D eigenvalue weighted by Gasteiger charge is 2.30. The Bertz CT molecular complexity index is 586. The summed E-state index contributed by atoms with van der Waals surface area (Å²) < 4.78 is 40.2. The molecule has 0 N–H and O–H groups in total. The van der Waals surface area contributed by atoms with Crippen LogP contribution in [0.5, 0.6) is 0 Å². The summed E-state index contributed by atoms with van der Waals surface area (Å²) in [6.45, 7) is 1.75. The molecule has 0 unspecified atom stereocenters. The lowest BCUT2D eigenvalue weighted by Crippen LogP contribution is -2.44. The number of hydrogen-bond acceptors (Lipinski definition) is 3. The standard InChI is InChI=1S/C13H18BrFN2O2S/c1-16-7-5-10(6-8-16)17(2)20(18,19)11-3-4-12(14)13(15)9-11/h3-4,9-10H,5-8H2,1-2H3. The van der Waals surface area contributed by atoms with E-state index in [2.05, 4.69) is 20.8 Å². The van der Waals surface area contributed by atoms with Crippen LogP contribution < -0.4 is 0 Å². The van der Waals surface area contributed by atoms with E-state index in [1.165, 1.54) is 16.4 Å². The molecule has 0 spiro atoms. The van der Waals surface area contributed by atoms with Crippen LogP contribution in [0.15, 0.2) is 27.6 Å². The van der Waals surface area contributed by atoms with E-state index >= 15 is 0 Å². The lowest BCUT2D eigenvalue weighted by atomic mass is 10.1. The second kappa shape index (κ2) is 6.09. The zero-order valence-corrected chi connectivity index (χ0v) is 13.9. The van der Waals surface area contributed by atoms with Crippen molar-refractivity contribution in [1.82, 2.24) is 9.21 Å². The molecule has 0 bridgehead atoms. The van der Waals surface area contributed by atoms with Crippen LogP contribution >= 0.6 is 15.9 Å². The van der Waals surface area contributed by atoms with E-state index in [0.29, 0.717) is 0 Å². The first-order valence-corrected chi connectivity index (χ1v) is 8.67. The van der Waals surface area contributed by atoms with Crippen molar-refractivity contribution in [3.63, 3.8) is 0 Å². The first kappa shape index (κ1) is 15.9. The second-order valence-corrected chi connectivity index (χ2v) is 7.98. The van der Waals surface area contributed by atoms with Gasteiger partial charge in [0.25, 0.3) is 0 Å². The van der Waals surface area contributed by atoms with Gasteiger partial charge >= 0.3 is 0 Å². The zero-order chi connectivity index (χ0) is 14.9. The molecule has 1 aliphatic rings. The molecule has 1 aliphatic heterocycles. The highest BCUT2D eigenvalue weighted by molar-refractivity contribution is 9.10. The number of nitrogens with zero attached hydrogens (tertiary/aromatic N) is 2. The Morgan fingerprint density at radius 2 is 1.95 bits per heavy atom. The van der Waals surface area contributed by atoms with E-state index < -0.39 is 15.8 Å². The van der Waals surface area contributed by atoms with Gasteiger partial charge in [-0.2, -0.15) is 4.31 Å². The van der Waals surface area contributed by atoms with Gasteiger partial charge in [0, 0.05) is 13.1 Å². The highest BCUT2D eigenvalue weighted by atomic mass is 79.9. The molecule has 1 aromatic carbocycles. The van der Waals surface area contributed by atoms with Gasteiger partial charge in [-0.25, -0.2) is 12.8 Å². The minimum absolute atomic E-state index is 0.000344. The minimum Gasteiger partial charge on any atom is -0.306 e. The van der Waals surface area contributed by atoms with Crippen LogP contribution in [0.4, 0.5) is 4.39 Å². The quantitative estimate of drug-likeness (QED) is 0.826. The van der Waals surface area contributed by atoms with E-state index in [0.717, 1.165) is 32.0 Å². The van der Waals surface area contributed by atoms with Crippen LogP contribution in [0, 0.1) is 5.82 Å². The number of likely N-dealkylation sites (tertiary alicyclic amines) is 1. The summed E-state index contributed by atoms with van der Waals surface area (Å²) in [5.74, 6) is -0.567. The van der Waals surface area contributed by atoms with Gasteiger partial charge in [0.1, 0.15) is 5.82 Å². The summed E-state index contributed by atoms with van der Waals surface area (Å²) >= 11 is 3.03. The number of halogens is 2. The summed E-state index contributed by atoms with van der Waals surface area (Å²) in [6.07, 6.45) is 1.59. The summed E-state index contributed by atoms with van der Waals surface area (Å²) in [4.78, 5) is 2.18. The van der Waals surface area contributed by atoms with Crippen molar-refractivity contribution in [2.24, 2.45) is 0 Å². The molecule has 1 heterocycles. The Kier molecular flexibility index (Phi) is 4.84. The maximum Gasteiger partial charge on any atom is 0.243 e. The second-order valence-electron chi connectivity index (χ2n) is 5.13. The lowest BCUT2D eigenvalue weighted by Gasteiger charge is -2.34. The van der Waals surface area contributed by atoms with Crippen LogP contribution in [0.3, 0.4) is 0 Å². The Morgan fingerprint density at radius 1 is 1.35 bits per heavy atom. The van der Waals surface area contributed by atoms with Crippen LogP contribution in [-0.4, -0.2) is 50.8 Å². The molecule has 2 rings (SSSR count). The number of rotatable bonds is 3. The fourth-order valence-electron chi connectivity index (χ4n) is 2.36. The molecule has 20 heavy (non-hydrogen) atoms. The molecular formula is C13H18BrFN2O2S. The van der Waals surface area contributed by atoms with E-state index in [9.17, 15) is 12.8 Å². The Balaban J connectivity index is 2.23. The molecule has 0 aromatic heterocycles. The molecule has 1 saturated heterocycles. The van der Waals surface area contributed by atoms with Crippen molar-refractivity contribution in [2.75, 3.05) is 27.2 Å². The lowest BCUT2D eigenvalue weighted by molar-refractivity contribution is 0.197. The molecule has 4 nitrogen and oxygen atoms in total. The summed E-state index contributed by atoms with van der Waals surface area (Å²) in [6, 6.07) is 3.88. The topological polar surface area (TPSA) is 40.6 Å². The van der Waals surface area contributed by atoms with Crippen LogP contribution in [0.1, 0.15) is 12.8 Å². The summed E-state index contributed by atoms with van der Waals surface area (Å²) in [5, 5.41) is 0. The van der Waals surface area contributed by atoms with Gasteiger partial charge in [-0.1, -0.05) is 0 Å². The van der Waals surface area contributed by atoms with Crippen LogP contribution in [0.25, 0.3) is 0 Å². The predicted octanol–water partition coefficient (Wildman–Crippen LogP) is 2.30. The monoisotopic (exact) mass is 364 g/mol. The van der Waals surface area contributed by atoms with Gasteiger partial charge in [-0.3, -0.25) is 0 Å². The summed E-state index contributed by atoms with van der Waals surface area (Å²) in [7, 11) is -0.0441. The molecule has 1 fully saturated rings. The van der Waals surface area contributed by atoms with Crippen molar-refractivity contribution in [2.45, 2.75) is 23.8 Å². The molecule has 0 aliphatic carbocycles. The zero-order valence-electron chi connectivity index (χ0n) is 11.5. The Morgan fingerprint density at radius 3 is 2.50 bits per heavy atom.